The van der Waals surface area contributed by atoms with E-state index in [1.165, 1.54) is 12.1 Å². The van der Waals surface area contributed by atoms with Crippen molar-refractivity contribution in [2.75, 3.05) is 11.9 Å². The number of anilines is 1. The number of ether oxygens (including phenoxy) is 1. The normalized spacial score (nSPS) is 12.1. The summed E-state index contributed by atoms with van der Waals surface area (Å²) in [6.07, 6.45) is 4.28. The zero-order chi connectivity index (χ0) is 21.1. The van der Waals surface area contributed by atoms with Crippen molar-refractivity contribution < 1.29 is 36.2 Å². The first-order valence-corrected chi connectivity index (χ1v) is 9.29. The third-order valence-electron chi connectivity index (χ3n) is 4.78. The van der Waals surface area contributed by atoms with Gasteiger partial charge in [0.05, 0.1) is 10.6 Å². The lowest BCUT2D eigenvalue weighted by Gasteiger charge is -2.18. The maximum atomic E-state index is 12.6. The van der Waals surface area contributed by atoms with Gasteiger partial charge in [0.15, 0.2) is 19.0 Å². The maximum absolute atomic E-state index is 12.6. The number of benzene rings is 2. The Hall–Kier alpha value is -3.78. The van der Waals surface area contributed by atoms with Crippen LogP contribution in [0.2, 0.25) is 0 Å². The molecule has 1 aromatic heterocycles. The van der Waals surface area contributed by atoms with Crippen LogP contribution in [0.1, 0.15) is 21.5 Å². The largest absolute Gasteiger partial charge is 1.00 e. The third kappa shape index (κ3) is 5.23. The van der Waals surface area contributed by atoms with E-state index in [1.54, 1.807) is 34.9 Å². The van der Waals surface area contributed by atoms with Crippen molar-refractivity contribution in [3.63, 3.8) is 0 Å². The number of Topliss-reactive ketones (excluding diaryl/α,β-unsaturated/α-hetero) is 1. The number of nitro benzene ring substituents is 1. The van der Waals surface area contributed by atoms with Crippen LogP contribution in [-0.4, -0.2) is 23.2 Å². The summed E-state index contributed by atoms with van der Waals surface area (Å²) < 4.78 is 7.08. The molecule has 0 aliphatic carbocycles. The van der Waals surface area contributed by atoms with Crippen molar-refractivity contribution in [3.8, 4) is 5.75 Å². The third-order valence-corrected chi connectivity index (χ3v) is 4.78. The first kappa shape index (κ1) is 21.9. The predicted molar refractivity (Wildman–Crippen MR) is 107 cm³/mol. The van der Waals surface area contributed by atoms with Gasteiger partial charge in [-0.3, -0.25) is 19.7 Å². The second-order valence-corrected chi connectivity index (χ2v) is 6.95. The average Bonchev–Trinajstić information content (AvgIpc) is 2.75. The van der Waals surface area contributed by atoms with Gasteiger partial charge in [-0.1, -0.05) is 12.1 Å². The van der Waals surface area contributed by atoms with Gasteiger partial charge in [0.2, 0.25) is 12.3 Å². The number of aromatic nitrogens is 1. The molecule has 158 valence electrons. The van der Waals surface area contributed by atoms with E-state index < -0.39 is 4.92 Å². The van der Waals surface area contributed by atoms with Crippen LogP contribution in [0.3, 0.4) is 0 Å². The molecule has 3 aromatic rings. The van der Waals surface area contributed by atoms with Crippen LogP contribution in [0.5, 0.6) is 5.75 Å². The standard InChI is InChI=1S/C22H17N3O5.ClH/c26-20(17-3-6-21-19(12-17)23-22(27)14-30-21)13-24-9-7-16(8-10-24)11-15-1-4-18(5-2-15)25(28)29;/h1-10,12H,11,13-14H2;1H. The molecule has 1 amide bonds. The molecule has 0 bridgehead atoms. The number of amides is 1. The van der Waals surface area contributed by atoms with E-state index in [2.05, 4.69) is 5.32 Å². The minimum Gasteiger partial charge on any atom is -1.00 e. The van der Waals surface area contributed by atoms with Crippen molar-refractivity contribution >= 4 is 23.1 Å². The molecular formula is C22H18ClN3O5. The number of rotatable bonds is 6. The van der Waals surface area contributed by atoms with Crippen LogP contribution < -0.4 is 27.0 Å². The Labute approximate surface area is 184 Å². The molecule has 0 radical (unpaired) electrons. The highest BCUT2D eigenvalue weighted by molar-refractivity contribution is 6.00. The van der Waals surface area contributed by atoms with Crippen molar-refractivity contribution in [3.05, 3.63) is 93.8 Å². The molecule has 2 aromatic carbocycles. The Morgan fingerprint density at radius 3 is 2.42 bits per heavy atom. The number of carbonyl (C=O) groups excluding carboxylic acids is 2. The topological polar surface area (TPSA) is 102 Å². The van der Waals surface area contributed by atoms with Gasteiger partial charge in [0.25, 0.3) is 11.6 Å². The lowest BCUT2D eigenvalue weighted by molar-refractivity contribution is -0.683. The summed E-state index contributed by atoms with van der Waals surface area (Å²) in [6.45, 7) is 0.133. The van der Waals surface area contributed by atoms with E-state index in [9.17, 15) is 19.7 Å². The molecule has 0 fully saturated rings. The smallest absolute Gasteiger partial charge is 0.269 e. The minimum atomic E-state index is -0.421. The molecule has 0 saturated carbocycles. The Morgan fingerprint density at radius 1 is 1.06 bits per heavy atom. The predicted octanol–water partition coefficient (Wildman–Crippen LogP) is -0.309. The number of nitro groups is 1. The van der Waals surface area contributed by atoms with E-state index in [-0.39, 0.29) is 42.9 Å². The first-order valence-electron chi connectivity index (χ1n) is 9.29. The quantitative estimate of drug-likeness (QED) is 0.246. The second kappa shape index (κ2) is 9.36. The van der Waals surface area contributed by atoms with Crippen LogP contribution in [-0.2, 0) is 17.8 Å². The van der Waals surface area contributed by atoms with Crippen molar-refractivity contribution in [2.45, 2.75) is 13.0 Å². The summed E-state index contributed by atoms with van der Waals surface area (Å²) in [5.41, 5.74) is 3.05. The van der Waals surface area contributed by atoms with Crippen molar-refractivity contribution in [1.29, 1.82) is 0 Å². The van der Waals surface area contributed by atoms with Gasteiger partial charge in [0.1, 0.15) is 5.75 Å². The number of fused-ring (bicyclic) bond motifs is 1. The molecule has 0 spiro atoms. The Bertz CT molecular complexity index is 1130. The number of hydrogen-bond donors (Lipinski definition) is 1. The SMILES string of the molecule is O=C1COc2ccc(C(=O)C[n+]3ccc(Cc4ccc([N+](=O)[O-])cc4)cc3)cc2N1.[Cl-]. The fourth-order valence-electron chi connectivity index (χ4n) is 3.20. The number of non-ortho nitro benzene ring substituents is 1. The minimum absolute atomic E-state index is 0. The van der Waals surface area contributed by atoms with Gasteiger partial charge >= 0.3 is 0 Å². The van der Waals surface area contributed by atoms with E-state index >= 15 is 0 Å². The van der Waals surface area contributed by atoms with E-state index in [1.807, 2.05) is 24.5 Å². The molecule has 31 heavy (non-hydrogen) atoms. The number of halogens is 1. The highest BCUT2D eigenvalue weighted by Crippen LogP contribution is 2.28. The van der Waals surface area contributed by atoms with Crippen LogP contribution >= 0.6 is 0 Å². The number of pyridine rings is 1. The van der Waals surface area contributed by atoms with Crippen molar-refractivity contribution in [2.24, 2.45) is 0 Å². The molecule has 9 heteroatoms. The first-order chi connectivity index (χ1) is 14.5. The number of hydrogen-bond acceptors (Lipinski definition) is 5. The van der Waals surface area contributed by atoms with Crippen LogP contribution in [0.25, 0.3) is 0 Å². The summed E-state index contributed by atoms with van der Waals surface area (Å²) in [7, 11) is 0. The molecule has 0 saturated heterocycles. The molecule has 0 atom stereocenters. The number of ketones is 1. The van der Waals surface area contributed by atoms with Gasteiger partial charge < -0.3 is 22.5 Å². The van der Waals surface area contributed by atoms with Crippen LogP contribution in [0.15, 0.2) is 67.0 Å². The Kier molecular flexibility index (Phi) is 6.61. The van der Waals surface area contributed by atoms with Crippen molar-refractivity contribution in [1.82, 2.24) is 0 Å². The van der Waals surface area contributed by atoms with Gasteiger partial charge in [-0.05, 0) is 35.7 Å². The van der Waals surface area contributed by atoms with E-state index in [0.29, 0.717) is 23.4 Å². The molecule has 1 N–H and O–H groups in total. The highest BCUT2D eigenvalue weighted by atomic mass is 35.5. The summed E-state index contributed by atoms with van der Waals surface area (Å²) in [6, 6.07) is 15.3. The Morgan fingerprint density at radius 2 is 1.74 bits per heavy atom. The Balaban J connectivity index is 0.00000272. The summed E-state index contributed by atoms with van der Waals surface area (Å²) >= 11 is 0. The molecular weight excluding hydrogens is 422 g/mol. The fraction of sp³-hybridized carbons (Fsp3) is 0.136. The lowest BCUT2D eigenvalue weighted by Crippen LogP contribution is -3.00. The fourth-order valence-corrected chi connectivity index (χ4v) is 3.20. The second-order valence-electron chi connectivity index (χ2n) is 6.95. The molecule has 0 unspecified atom stereocenters. The summed E-state index contributed by atoms with van der Waals surface area (Å²) in [4.78, 5) is 34.4. The monoisotopic (exact) mass is 439 g/mol. The summed E-state index contributed by atoms with van der Waals surface area (Å²) in [5.74, 6) is 0.213. The zero-order valence-corrected chi connectivity index (χ0v) is 17.0. The molecule has 2 heterocycles. The zero-order valence-electron chi connectivity index (χ0n) is 16.3. The molecule has 4 rings (SSSR count). The average molecular weight is 440 g/mol. The maximum Gasteiger partial charge on any atom is 0.269 e. The molecule has 1 aliphatic heterocycles. The lowest BCUT2D eigenvalue weighted by atomic mass is 10.1. The van der Waals surface area contributed by atoms with E-state index in [4.69, 9.17) is 4.74 Å². The number of nitrogens with one attached hydrogen (secondary N) is 1. The molecule has 1 aliphatic rings. The van der Waals surface area contributed by atoms with Crippen LogP contribution in [0, 0.1) is 10.1 Å². The van der Waals surface area contributed by atoms with Gasteiger partial charge in [0, 0.05) is 29.8 Å². The van der Waals surface area contributed by atoms with Gasteiger partial charge in [-0.25, -0.2) is 0 Å². The number of carbonyl (C=O) groups is 2. The highest BCUT2D eigenvalue weighted by Gasteiger charge is 2.19. The molecule has 8 nitrogen and oxygen atoms in total. The van der Waals surface area contributed by atoms with Gasteiger partial charge in [-0.15, -0.1) is 0 Å². The summed E-state index contributed by atoms with van der Waals surface area (Å²) in [5, 5.41) is 13.4. The van der Waals surface area contributed by atoms with Crippen LogP contribution in [0.4, 0.5) is 11.4 Å². The van der Waals surface area contributed by atoms with Gasteiger partial charge in [-0.2, -0.15) is 4.57 Å². The van der Waals surface area contributed by atoms with E-state index in [0.717, 1.165) is 11.1 Å². The number of nitrogens with zero attached hydrogens (tertiary/aromatic N) is 2.